The Hall–Kier alpha value is -4.73. The zero-order valence-corrected chi connectivity index (χ0v) is 26.7. The Balaban J connectivity index is 1.42. The van der Waals surface area contributed by atoms with Crippen LogP contribution in [0.1, 0.15) is 18.4 Å². The van der Waals surface area contributed by atoms with Crippen molar-refractivity contribution in [1.29, 1.82) is 5.26 Å². The number of methoxy groups -OCH3 is 1. The van der Waals surface area contributed by atoms with Crippen LogP contribution in [0.2, 0.25) is 0 Å². The molecule has 2 aromatic heterocycles. The van der Waals surface area contributed by atoms with Crippen LogP contribution >= 0.6 is 0 Å². The van der Waals surface area contributed by atoms with E-state index in [0.29, 0.717) is 23.3 Å². The highest BCUT2D eigenvalue weighted by Gasteiger charge is 2.33. The minimum atomic E-state index is -0.758. The molecule has 1 amide bonds. The van der Waals surface area contributed by atoms with Crippen LogP contribution in [0.25, 0.3) is 32.9 Å². The number of piperazine rings is 1. The van der Waals surface area contributed by atoms with Crippen molar-refractivity contribution in [2.24, 2.45) is 0 Å². The maximum atomic E-state index is 16.7. The van der Waals surface area contributed by atoms with Crippen LogP contribution in [0.5, 0.6) is 6.01 Å². The number of anilines is 1. The molecule has 4 heterocycles. The summed E-state index contributed by atoms with van der Waals surface area (Å²) in [5, 5.41) is 11.8. The second kappa shape index (κ2) is 13.9. The molecule has 0 saturated carbocycles. The zero-order valence-electron chi connectivity index (χ0n) is 26.7. The summed E-state index contributed by atoms with van der Waals surface area (Å²) in [6.45, 7) is 3.14. The monoisotopic (exact) mass is 641 g/mol. The number of hydrogen-bond acceptors (Lipinski definition) is 9. The summed E-state index contributed by atoms with van der Waals surface area (Å²) in [6, 6.07) is 13.4. The van der Waals surface area contributed by atoms with Crippen LogP contribution < -0.4 is 9.64 Å². The molecule has 0 N–H and O–H groups in total. The SMILES string of the molecule is CO[C@@H]1CC(COc2nc(N3CCN(C(=O)/C=C/CF)[C@@H](CC#N)C3)c3cnc(-c4cccc5cccc(C)c45)c(F)c3n2)N(C)C1. The van der Waals surface area contributed by atoms with E-state index in [1.54, 1.807) is 18.2 Å². The summed E-state index contributed by atoms with van der Waals surface area (Å²) in [5.74, 6) is -0.555. The van der Waals surface area contributed by atoms with Crippen LogP contribution in [-0.4, -0.2) is 102 Å². The summed E-state index contributed by atoms with van der Waals surface area (Å²) in [7, 11) is 3.69. The molecule has 47 heavy (non-hydrogen) atoms. The number of alkyl halides is 1. The van der Waals surface area contributed by atoms with Gasteiger partial charge in [-0.1, -0.05) is 36.4 Å². The number of aromatic nitrogens is 3. The van der Waals surface area contributed by atoms with E-state index in [1.807, 2.05) is 55.3 Å². The normalized spacial score (nSPS) is 20.4. The van der Waals surface area contributed by atoms with Gasteiger partial charge in [-0.25, -0.2) is 8.78 Å². The molecular formula is C35H37F2N7O3. The van der Waals surface area contributed by atoms with Crippen molar-refractivity contribution in [3.8, 4) is 23.3 Å². The van der Waals surface area contributed by atoms with Gasteiger partial charge in [0.15, 0.2) is 5.82 Å². The van der Waals surface area contributed by atoms with E-state index in [1.165, 1.54) is 6.08 Å². The first-order valence-electron chi connectivity index (χ1n) is 15.7. The van der Waals surface area contributed by atoms with Crippen molar-refractivity contribution in [1.82, 2.24) is 24.8 Å². The number of halogens is 2. The van der Waals surface area contributed by atoms with Gasteiger partial charge in [0.05, 0.1) is 30.0 Å². The highest BCUT2D eigenvalue weighted by Crippen LogP contribution is 2.36. The van der Waals surface area contributed by atoms with E-state index in [0.717, 1.165) is 35.4 Å². The Morgan fingerprint density at radius 3 is 2.70 bits per heavy atom. The minimum absolute atomic E-state index is 0.0214. The van der Waals surface area contributed by atoms with E-state index in [2.05, 4.69) is 20.9 Å². The van der Waals surface area contributed by atoms with Gasteiger partial charge < -0.3 is 19.3 Å². The van der Waals surface area contributed by atoms with Crippen molar-refractivity contribution < 1.29 is 23.0 Å². The van der Waals surface area contributed by atoms with E-state index in [9.17, 15) is 14.4 Å². The number of nitrogens with zero attached hydrogens (tertiary/aromatic N) is 7. The van der Waals surface area contributed by atoms with Crippen LogP contribution in [0.4, 0.5) is 14.6 Å². The molecular weight excluding hydrogens is 604 g/mol. The molecule has 2 aliphatic rings. The Morgan fingerprint density at radius 2 is 1.96 bits per heavy atom. The molecule has 0 spiro atoms. The summed E-state index contributed by atoms with van der Waals surface area (Å²) in [6.07, 6.45) is 4.85. The Kier molecular flexibility index (Phi) is 9.56. The smallest absolute Gasteiger partial charge is 0.319 e. The number of likely N-dealkylation sites (N-methyl/N-ethyl adjacent to an activating group) is 1. The van der Waals surface area contributed by atoms with E-state index < -0.39 is 18.5 Å². The number of carbonyl (C=O) groups excluding carboxylic acids is 1. The quantitative estimate of drug-likeness (QED) is 0.237. The number of fused-ring (bicyclic) bond motifs is 2. The predicted molar refractivity (Wildman–Crippen MR) is 175 cm³/mol. The molecule has 2 saturated heterocycles. The molecule has 2 fully saturated rings. The summed E-state index contributed by atoms with van der Waals surface area (Å²) in [5.41, 5.74) is 1.89. The fraction of sp³-hybridized carbons (Fsp3) is 0.400. The molecule has 1 unspecified atom stereocenters. The fourth-order valence-corrected chi connectivity index (χ4v) is 6.67. The van der Waals surface area contributed by atoms with E-state index in [4.69, 9.17) is 14.5 Å². The number of benzene rings is 2. The highest BCUT2D eigenvalue weighted by atomic mass is 19.1. The molecule has 0 bridgehead atoms. The zero-order chi connectivity index (χ0) is 33.1. The maximum absolute atomic E-state index is 16.7. The predicted octanol–water partition coefficient (Wildman–Crippen LogP) is 4.85. The second-order valence-corrected chi connectivity index (χ2v) is 12.0. The molecule has 2 aliphatic heterocycles. The third-order valence-electron chi connectivity index (χ3n) is 9.14. The Morgan fingerprint density at radius 1 is 1.15 bits per heavy atom. The lowest BCUT2D eigenvalue weighted by Crippen LogP contribution is -2.55. The number of nitriles is 1. The Bertz CT molecular complexity index is 1860. The lowest BCUT2D eigenvalue weighted by atomic mass is 9.97. The van der Waals surface area contributed by atoms with E-state index in [-0.39, 0.29) is 61.4 Å². The van der Waals surface area contributed by atoms with Crippen molar-refractivity contribution in [2.45, 2.75) is 38.0 Å². The fourth-order valence-electron chi connectivity index (χ4n) is 6.67. The van der Waals surface area contributed by atoms with Gasteiger partial charge in [-0.2, -0.15) is 15.2 Å². The molecule has 4 aromatic rings. The van der Waals surface area contributed by atoms with E-state index >= 15 is 4.39 Å². The Labute approximate surface area is 272 Å². The third-order valence-corrected chi connectivity index (χ3v) is 9.14. The topological polar surface area (TPSA) is 108 Å². The maximum Gasteiger partial charge on any atom is 0.319 e. The molecule has 0 radical (unpaired) electrons. The molecule has 6 rings (SSSR count). The van der Waals surface area contributed by atoms with Crippen molar-refractivity contribution in [2.75, 3.05) is 58.5 Å². The van der Waals surface area contributed by atoms with Crippen LogP contribution in [0.15, 0.2) is 54.7 Å². The molecule has 10 nitrogen and oxygen atoms in total. The average Bonchev–Trinajstić information content (AvgIpc) is 3.45. The van der Waals surface area contributed by atoms with Crippen LogP contribution in [-0.2, 0) is 9.53 Å². The highest BCUT2D eigenvalue weighted by molar-refractivity contribution is 6.00. The lowest BCUT2D eigenvalue weighted by Gasteiger charge is -2.41. The van der Waals surface area contributed by atoms with Crippen LogP contribution in [0.3, 0.4) is 0 Å². The molecule has 244 valence electrons. The first-order valence-corrected chi connectivity index (χ1v) is 15.7. The van der Waals surface area contributed by atoms with Crippen molar-refractivity contribution in [3.63, 3.8) is 0 Å². The number of pyridine rings is 1. The molecule has 2 aromatic carbocycles. The standard InChI is InChI=1S/C35H37F2N7O3/c1-22-7-4-8-23-9-5-10-27(30(22)23)32-31(37)33-28(18-39-32)34(41-35(40-33)47-21-25-17-26(46-3)20-42(25)2)43-15-16-44(24(19-43)12-14-38)29(45)11-6-13-36/h4-11,18,24-26H,12-13,15-17,19-21H2,1-3H3/b11-6+/t24-,25?,26+/m0/s1. The number of rotatable bonds is 9. The number of amides is 1. The van der Waals surface area contributed by atoms with Gasteiger partial charge in [0.1, 0.15) is 30.3 Å². The third kappa shape index (κ3) is 6.46. The first-order chi connectivity index (χ1) is 22.8. The number of hydrogen-bond donors (Lipinski definition) is 0. The summed E-state index contributed by atoms with van der Waals surface area (Å²) >= 11 is 0. The summed E-state index contributed by atoms with van der Waals surface area (Å²) < 4.78 is 41.2. The number of carbonyl (C=O) groups is 1. The summed E-state index contributed by atoms with van der Waals surface area (Å²) in [4.78, 5) is 32.4. The van der Waals surface area contributed by atoms with Gasteiger partial charge in [-0.3, -0.25) is 14.7 Å². The number of aryl methyl sites for hydroxylation is 1. The number of allylic oxidation sites excluding steroid dienone is 1. The lowest BCUT2D eigenvalue weighted by molar-refractivity contribution is -0.128. The number of likely N-dealkylation sites (tertiary alicyclic amines) is 1. The molecule has 3 atom stereocenters. The van der Waals surface area contributed by atoms with Crippen LogP contribution in [0, 0.1) is 24.1 Å². The van der Waals surface area contributed by atoms with Crippen molar-refractivity contribution in [3.05, 3.63) is 66.1 Å². The second-order valence-electron chi connectivity index (χ2n) is 12.0. The average molecular weight is 642 g/mol. The van der Waals surface area contributed by atoms with Crippen molar-refractivity contribution >= 4 is 33.4 Å². The van der Waals surface area contributed by atoms with Gasteiger partial charge in [0, 0.05) is 57.2 Å². The largest absolute Gasteiger partial charge is 0.462 e. The molecule has 12 heteroatoms. The molecule has 0 aliphatic carbocycles. The van der Waals surface area contributed by atoms with Gasteiger partial charge in [-0.15, -0.1) is 0 Å². The van der Waals surface area contributed by atoms with Gasteiger partial charge in [-0.05, 0) is 42.8 Å². The van der Waals surface area contributed by atoms with Gasteiger partial charge in [0.2, 0.25) is 5.91 Å². The minimum Gasteiger partial charge on any atom is -0.462 e. The first kappa shape index (κ1) is 32.2. The van der Waals surface area contributed by atoms with Gasteiger partial charge in [0.25, 0.3) is 0 Å². The number of ether oxygens (including phenoxy) is 2. The van der Waals surface area contributed by atoms with Gasteiger partial charge >= 0.3 is 6.01 Å².